The van der Waals surface area contributed by atoms with Gasteiger partial charge in [-0.25, -0.2) is 4.79 Å². The van der Waals surface area contributed by atoms with Gasteiger partial charge in [0.25, 0.3) is 0 Å². The molecule has 0 saturated heterocycles. The second-order valence-electron chi connectivity index (χ2n) is 6.15. The average Bonchev–Trinajstić information content (AvgIpc) is 2.76. The van der Waals surface area contributed by atoms with E-state index < -0.39 is 30.9 Å². The van der Waals surface area contributed by atoms with Gasteiger partial charge in [0, 0.05) is 6.07 Å². The number of carbonyl (C=O) groups is 1. The number of methoxy groups -OCH3 is 2. The van der Waals surface area contributed by atoms with Gasteiger partial charge >= 0.3 is 5.97 Å². The Morgan fingerprint density at radius 1 is 0.897 bits per heavy atom. The molecule has 29 heavy (non-hydrogen) atoms. The number of ether oxygens (including phenoxy) is 3. The topological polar surface area (TPSA) is 126 Å². The molecule has 3 atom stereocenters. The van der Waals surface area contributed by atoms with Gasteiger partial charge in [0.1, 0.15) is 29.5 Å². The van der Waals surface area contributed by atoms with Crippen molar-refractivity contribution in [1.82, 2.24) is 0 Å². The number of esters is 1. The van der Waals surface area contributed by atoms with E-state index in [-0.39, 0.29) is 5.75 Å². The zero-order chi connectivity index (χ0) is 21.4. The van der Waals surface area contributed by atoms with E-state index in [0.717, 1.165) is 11.1 Å². The Kier molecular flexibility index (Phi) is 8.17. The monoisotopic (exact) mass is 404 g/mol. The summed E-state index contributed by atoms with van der Waals surface area (Å²) in [4.78, 5) is 11.8. The lowest BCUT2D eigenvalue weighted by Gasteiger charge is -2.20. The number of aliphatic hydroxyl groups is 4. The highest BCUT2D eigenvalue weighted by Gasteiger charge is 2.31. The maximum Gasteiger partial charge on any atom is 0.343 e. The highest BCUT2D eigenvalue weighted by Crippen LogP contribution is 2.24. The van der Waals surface area contributed by atoms with Crippen molar-refractivity contribution < 1.29 is 39.4 Å². The van der Waals surface area contributed by atoms with Gasteiger partial charge in [-0.05, 0) is 35.4 Å². The Labute approximate surface area is 168 Å². The summed E-state index contributed by atoms with van der Waals surface area (Å²) >= 11 is 0. The fraction of sp³-hybridized carbons (Fsp3) is 0.286. The molecule has 0 fully saturated rings. The summed E-state index contributed by atoms with van der Waals surface area (Å²) in [6.07, 6.45) is -1.78. The number of rotatable bonds is 9. The third-order valence-electron chi connectivity index (χ3n) is 4.09. The van der Waals surface area contributed by atoms with E-state index in [1.54, 1.807) is 32.4 Å². The molecule has 2 aromatic rings. The average molecular weight is 404 g/mol. The summed E-state index contributed by atoms with van der Waals surface area (Å²) in [6, 6.07) is 11.9. The van der Waals surface area contributed by atoms with Gasteiger partial charge in [-0.1, -0.05) is 24.3 Å². The molecule has 0 saturated carbocycles. The molecule has 0 aliphatic heterocycles. The normalized spacial score (nSPS) is 14.3. The molecule has 0 heterocycles. The van der Waals surface area contributed by atoms with Crippen molar-refractivity contribution in [3.05, 3.63) is 53.6 Å². The zero-order valence-electron chi connectivity index (χ0n) is 16.1. The molecule has 3 unspecified atom stereocenters. The Hall–Kier alpha value is -2.91. The third-order valence-corrected chi connectivity index (χ3v) is 4.09. The second kappa shape index (κ2) is 10.6. The second-order valence-corrected chi connectivity index (χ2v) is 6.15. The molecular formula is C21H24O8. The number of hydrogen-bond acceptors (Lipinski definition) is 8. The van der Waals surface area contributed by atoms with E-state index in [9.17, 15) is 20.1 Å². The lowest BCUT2D eigenvalue weighted by atomic mass is 10.1. The number of aliphatic hydroxyl groups excluding tert-OH is 4. The highest BCUT2D eigenvalue weighted by atomic mass is 16.6. The SMILES string of the molecule is COc1cc(C=Cc2ccc(OC(=O)C(O)C(O)C(O)CO)cc2)cc(OC)c1. The molecule has 8 heteroatoms. The van der Waals surface area contributed by atoms with Crippen LogP contribution in [0.25, 0.3) is 12.2 Å². The summed E-state index contributed by atoms with van der Waals surface area (Å²) in [5, 5.41) is 37.2. The summed E-state index contributed by atoms with van der Waals surface area (Å²) < 4.78 is 15.4. The largest absolute Gasteiger partial charge is 0.497 e. The van der Waals surface area contributed by atoms with Gasteiger partial charge in [-0.3, -0.25) is 0 Å². The van der Waals surface area contributed by atoms with Crippen molar-refractivity contribution in [2.45, 2.75) is 18.3 Å². The molecule has 0 spiro atoms. The molecule has 156 valence electrons. The molecule has 0 aliphatic carbocycles. The van der Waals surface area contributed by atoms with Crippen LogP contribution in [0.1, 0.15) is 11.1 Å². The molecular weight excluding hydrogens is 380 g/mol. The fourth-order valence-corrected chi connectivity index (χ4v) is 2.40. The van der Waals surface area contributed by atoms with Gasteiger partial charge in [0.15, 0.2) is 6.10 Å². The summed E-state index contributed by atoms with van der Waals surface area (Å²) in [6.45, 7) is -0.800. The van der Waals surface area contributed by atoms with E-state index in [4.69, 9.17) is 19.3 Å². The lowest BCUT2D eigenvalue weighted by Crippen LogP contribution is -2.45. The van der Waals surface area contributed by atoms with Gasteiger partial charge in [0.2, 0.25) is 0 Å². The molecule has 2 rings (SSSR count). The van der Waals surface area contributed by atoms with Crippen molar-refractivity contribution >= 4 is 18.1 Å². The first-order chi connectivity index (χ1) is 13.9. The Morgan fingerprint density at radius 3 is 1.97 bits per heavy atom. The van der Waals surface area contributed by atoms with Crippen molar-refractivity contribution in [1.29, 1.82) is 0 Å². The standard InChI is InChI=1S/C21H24O8/c1-27-16-9-14(10-17(11-16)28-2)4-3-13-5-7-15(8-6-13)29-21(26)20(25)19(24)18(23)12-22/h3-11,18-20,22-25H,12H2,1-2H3. The Balaban J connectivity index is 2.03. The third kappa shape index (κ3) is 6.30. The van der Waals surface area contributed by atoms with Crippen LogP contribution in [0.2, 0.25) is 0 Å². The Bertz CT molecular complexity index is 809. The fourth-order valence-electron chi connectivity index (χ4n) is 2.40. The molecule has 8 nitrogen and oxygen atoms in total. The molecule has 0 radical (unpaired) electrons. The molecule has 0 aromatic heterocycles. The highest BCUT2D eigenvalue weighted by molar-refractivity contribution is 5.78. The molecule has 0 aliphatic rings. The summed E-state index contributed by atoms with van der Waals surface area (Å²) in [7, 11) is 3.14. The van der Waals surface area contributed by atoms with Crippen LogP contribution in [0.5, 0.6) is 17.2 Å². The number of hydrogen-bond donors (Lipinski definition) is 4. The maximum absolute atomic E-state index is 11.8. The van der Waals surface area contributed by atoms with Crippen molar-refractivity contribution in [2.24, 2.45) is 0 Å². The summed E-state index contributed by atoms with van der Waals surface area (Å²) in [5.41, 5.74) is 1.69. The van der Waals surface area contributed by atoms with E-state index in [0.29, 0.717) is 11.5 Å². The molecule has 2 aromatic carbocycles. The summed E-state index contributed by atoms with van der Waals surface area (Å²) in [5.74, 6) is 0.341. The van der Waals surface area contributed by atoms with Gasteiger partial charge in [-0.2, -0.15) is 0 Å². The van der Waals surface area contributed by atoms with E-state index in [1.807, 2.05) is 24.3 Å². The van der Waals surface area contributed by atoms with Crippen LogP contribution in [-0.2, 0) is 4.79 Å². The minimum Gasteiger partial charge on any atom is -0.497 e. The van der Waals surface area contributed by atoms with Crippen LogP contribution in [0, 0.1) is 0 Å². The lowest BCUT2D eigenvalue weighted by molar-refractivity contribution is -0.156. The molecule has 0 amide bonds. The van der Waals surface area contributed by atoms with Crippen molar-refractivity contribution in [2.75, 3.05) is 20.8 Å². The smallest absolute Gasteiger partial charge is 0.343 e. The number of carbonyl (C=O) groups excluding carboxylic acids is 1. The van der Waals surface area contributed by atoms with E-state index in [1.165, 1.54) is 12.1 Å². The van der Waals surface area contributed by atoms with Gasteiger partial charge in [-0.15, -0.1) is 0 Å². The van der Waals surface area contributed by atoms with Crippen LogP contribution in [0.3, 0.4) is 0 Å². The van der Waals surface area contributed by atoms with Gasteiger partial charge < -0.3 is 34.6 Å². The maximum atomic E-state index is 11.8. The minimum atomic E-state index is -1.99. The Morgan fingerprint density at radius 2 is 1.45 bits per heavy atom. The van der Waals surface area contributed by atoms with Crippen LogP contribution in [0.4, 0.5) is 0 Å². The van der Waals surface area contributed by atoms with E-state index in [2.05, 4.69) is 0 Å². The predicted molar refractivity (Wildman–Crippen MR) is 106 cm³/mol. The first-order valence-corrected chi connectivity index (χ1v) is 8.76. The van der Waals surface area contributed by atoms with Crippen molar-refractivity contribution in [3.8, 4) is 17.2 Å². The van der Waals surface area contributed by atoms with Crippen LogP contribution in [0.15, 0.2) is 42.5 Å². The minimum absolute atomic E-state index is 0.153. The van der Waals surface area contributed by atoms with Crippen LogP contribution in [-0.4, -0.2) is 65.5 Å². The van der Waals surface area contributed by atoms with Crippen LogP contribution >= 0.6 is 0 Å². The number of benzene rings is 2. The quantitative estimate of drug-likeness (QED) is 0.275. The van der Waals surface area contributed by atoms with Crippen LogP contribution < -0.4 is 14.2 Å². The first kappa shape index (κ1) is 22.4. The van der Waals surface area contributed by atoms with Crippen molar-refractivity contribution in [3.63, 3.8) is 0 Å². The first-order valence-electron chi connectivity index (χ1n) is 8.76. The molecule has 4 N–H and O–H groups in total. The van der Waals surface area contributed by atoms with E-state index >= 15 is 0 Å². The zero-order valence-corrected chi connectivity index (χ0v) is 16.1. The molecule has 0 bridgehead atoms. The predicted octanol–water partition coefficient (Wildman–Crippen LogP) is 0.855. The van der Waals surface area contributed by atoms with Gasteiger partial charge in [0.05, 0.1) is 20.8 Å².